The van der Waals surface area contributed by atoms with Crippen LogP contribution in [0.15, 0.2) is 22.7 Å². The van der Waals surface area contributed by atoms with E-state index in [0.717, 1.165) is 18.7 Å². The molecule has 0 aliphatic carbocycles. The smallest absolute Gasteiger partial charge is 0.338 e. The number of morpholine rings is 1. The van der Waals surface area contributed by atoms with E-state index in [2.05, 4.69) is 27.8 Å². The predicted molar refractivity (Wildman–Crippen MR) is 77.9 cm³/mol. The molecule has 1 heterocycles. The standard InChI is InChI=1S/C14H18BrNO3/c1-3-10-8-19-9(2)7-16(10)12-6-4-5-11(15)13(12)14(17)18/h4-6,9-10H,3,7-8H2,1-2H3,(H,17,18). The fraction of sp³-hybridized carbons (Fsp3) is 0.500. The summed E-state index contributed by atoms with van der Waals surface area (Å²) in [4.78, 5) is 13.6. The molecule has 0 bridgehead atoms. The zero-order chi connectivity index (χ0) is 14.0. The second kappa shape index (κ2) is 5.92. The van der Waals surface area contributed by atoms with Crippen molar-refractivity contribution >= 4 is 27.6 Å². The molecule has 2 atom stereocenters. The Balaban J connectivity index is 2.44. The van der Waals surface area contributed by atoms with Crippen molar-refractivity contribution in [1.29, 1.82) is 0 Å². The lowest BCUT2D eigenvalue weighted by Gasteiger charge is -2.40. The number of benzene rings is 1. The Kier molecular flexibility index (Phi) is 4.47. The average molecular weight is 328 g/mol. The summed E-state index contributed by atoms with van der Waals surface area (Å²) in [7, 11) is 0. The summed E-state index contributed by atoms with van der Waals surface area (Å²) < 4.78 is 6.28. The van der Waals surface area contributed by atoms with Crippen LogP contribution < -0.4 is 4.90 Å². The molecule has 0 saturated carbocycles. The topological polar surface area (TPSA) is 49.8 Å². The third-order valence-electron chi connectivity index (χ3n) is 3.45. The first-order valence-electron chi connectivity index (χ1n) is 6.44. The Morgan fingerprint density at radius 2 is 2.32 bits per heavy atom. The Labute approximate surface area is 121 Å². The number of hydrogen-bond donors (Lipinski definition) is 1. The molecule has 104 valence electrons. The lowest BCUT2D eigenvalue weighted by atomic mass is 10.1. The van der Waals surface area contributed by atoms with Crippen LogP contribution in [0.5, 0.6) is 0 Å². The van der Waals surface area contributed by atoms with Crippen molar-refractivity contribution in [2.45, 2.75) is 32.4 Å². The van der Waals surface area contributed by atoms with Gasteiger partial charge in [-0.1, -0.05) is 13.0 Å². The number of aromatic carboxylic acids is 1. The number of rotatable bonds is 3. The Morgan fingerprint density at radius 3 is 2.95 bits per heavy atom. The van der Waals surface area contributed by atoms with Gasteiger partial charge in [-0.25, -0.2) is 4.79 Å². The van der Waals surface area contributed by atoms with E-state index in [0.29, 0.717) is 16.6 Å². The van der Waals surface area contributed by atoms with Crippen molar-refractivity contribution < 1.29 is 14.6 Å². The number of anilines is 1. The van der Waals surface area contributed by atoms with Crippen molar-refractivity contribution in [3.8, 4) is 0 Å². The average Bonchev–Trinajstić information content (AvgIpc) is 2.37. The van der Waals surface area contributed by atoms with Crippen LogP contribution in [0, 0.1) is 0 Å². The predicted octanol–water partition coefficient (Wildman–Crippen LogP) is 3.15. The van der Waals surface area contributed by atoms with Gasteiger partial charge in [-0.3, -0.25) is 0 Å². The molecular formula is C14H18BrNO3. The van der Waals surface area contributed by atoms with Crippen molar-refractivity contribution in [1.82, 2.24) is 0 Å². The molecule has 1 aliphatic rings. The maximum atomic E-state index is 11.5. The normalized spacial score (nSPS) is 23.4. The van der Waals surface area contributed by atoms with E-state index in [1.54, 1.807) is 6.07 Å². The number of nitrogens with zero attached hydrogens (tertiary/aromatic N) is 1. The van der Waals surface area contributed by atoms with Crippen LogP contribution in [-0.4, -0.2) is 36.4 Å². The second-order valence-corrected chi connectivity index (χ2v) is 5.65. The number of ether oxygens (including phenoxy) is 1. The summed E-state index contributed by atoms with van der Waals surface area (Å²) in [6.45, 7) is 5.46. The van der Waals surface area contributed by atoms with Crippen LogP contribution in [0.4, 0.5) is 5.69 Å². The Morgan fingerprint density at radius 1 is 1.58 bits per heavy atom. The molecule has 0 amide bonds. The highest BCUT2D eigenvalue weighted by molar-refractivity contribution is 9.10. The number of carboxylic acid groups (broad SMARTS) is 1. The van der Waals surface area contributed by atoms with Gasteiger partial charge in [0.05, 0.1) is 30.0 Å². The van der Waals surface area contributed by atoms with Crippen molar-refractivity contribution in [3.05, 3.63) is 28.2 Å². The van der Waals surface area contributed by atoms with Gasteiger partial charge in [0.15, 0.2) is 0 Å². The van der Waals surface area contributed by atoms with E-state index < -0.39 is 5.97 Å². The molecule has 2 unspecified atom stereocenters. The van der Waals surface area contributed by atoms with Gasteiger partial charge in [0.1, 0.15) is 0 Å². The monoisotopic (exact) mass is 327 g/mol. The van der Waals surface area contributed by atoms with Gasteiger partial charge in [-0.15, -0.1) is 0 Å². The summed E-state index contributed by atoms with van der Waals surface area (Å²) in [6.07, 6.45) is 1.04. The van der Waals surface area contributed by atoms with E-state index in [1.165, 1.54) is 0 Å². The Bertz CT molecular complexity index is 478. The first kappa shape index (κ1) is 14.3. The summed E-state index contributed by atoms with van der Waals surface area (Å²) in [5.74, 6) is -0.906. The van der Waals surface area contributed by atoms with E-state index in [1.807, 2.05) is 19.1 Å². The molecule has 1 fully saturated rings. The summed E-state index contributed by atoms with van der Waals surface area (Å²) in [6, 6.07) is 5.73. The molecule has 2 rings (SSSR count). The van der Waals surface area contributed by atoms with Crippen LogP contribution in [-0.2, 0) is 4.74 Å². The van der Waals surface area contributed by atoms with Crippen molar-refractivity contribution in [2.24, 2.45) is 0 Å². The molecule has 1 aromatic carbocycles. The third-order valence-corrected chi connectivity index (χ3v) is 4.11. The number of halogens is 1. The molecule has 19 heavy (non-hydrogen) atoms. The van der Waals surface area contributed by atoms with Crippen LogP contribution in [0.25, 0.3) is 0 Å². The highest BCUT2D eigenvalue weighted by Crippen LogP contribution is 2.31. The molecule has 0 aromatic heterocycles. The minimum atomic E-state index is -0.906. The first-order valence-corrected chi connectivity index (χ1v) is 7.24. The molecule has 4 nitrogen and oxygen atoms in total. The fourth-order valence-corrected chi connectivity index (χ4v) is 2.97. The minimum Gasteiger partial charge on any atom is -0.478 e. The van der Waals surface area contributed by atoms with Gasteiger partial charge in [0.25, 0.3) is 0 Å². The summed E-state index contributed by atoms with van der Waals surface area (Å²) >= 11 is 3.33. The van der Waals surface area contributed by atoms with Crippen LogP contribution >= 0.6 is 15.9 Å². The lowest BCUT2D eigenvalue weighted by molar-refractivity contribution is 0.0297. The largest absolute Gasteiger partial charge is 0.478 e. The lowest BCUT2D eigenvalue weighted by Crippen LogP contribution is -2.49. The van der Waals surface area contributed by atoms with Crippen LogP contribution in [0.1, 0.15) is 30.6 Å². The maximum Gasteiger partial charge on any atom is 0.338 e. The molecule has 0 spiro atoms. The summed E-state index contributed by atoms with van der Waals surface area (Å²) in [5, 5.41) is 9.41. The van der Waals surface area contributed by atoms with E-state index in [9.17, 15) is 9.90 Å². The van der Waals surface area contributed by atoms with Crippen molar-refractivity contribution in [3.63, 3.8) is 0 Å². The SMILES string of the molecule is CCC1COC(C)CN1c1cccc(Br)c1C(=O)O. The van der Waals surface area contributed by atoms with E-state index in [-0.39, 0.29) is 12.1 Å². The fourth-order valence-electron chi connectivity index (χ4n) is 2.44. The molecule has 1 saturated heterocycles. The number of hydrogen-bond acceptors (Lipinski definition) is 3. The zero-order valence-electron chi connectivity index (χ0n) is 11.1. The number of carboxylic acids is 1. The third kappa shape index (κ3) is 2.92. The van der Waals surface area contributed by atoms with Crippen molar-refractivity contribution in [2.75, 3.05) is 18.1 Å². The van der Waals surface area contributed by atoms with Gasteiger partial charge in [-0.2, -0.15) is 0 Å². The van der Waals surface area contributed by atoms with Gasteiger partial charge in [0, 0.05) is 11.0 Å². The summed E-state index contributed by atoms with van der Waals surface area (Å²) in [5.41, 5.74) is 1.10. The zero-order valence-corrected chi connectivity index (χ0v) is 12.7. The molecule has 1 aromatic rings. The van der Waals surface area contributed by atoms with Gasteiger partial charge in [0.2, 0.25) is 0 Å². The highest BCUT2D eigenvalue weighted by atomic mass is 79.9. The first-order chi connectivity index (χ1) is 9.04. The van der Waals surface area contributed by atoms with E-state index >= 15 is 0 Å². The second-order valence-electron chi connectivity index (χ2n) is 4.80. The Hall–Kier alpha value is -1.07. The van der Waals surface area contributed by atoms with Gasteiger partial charge in [-0.05, 0) is 41.4 Å². The molecule has 1 aliphatic heterocycles. The van der Waals surface area contributed by atoms with Gasteiger partial charge >= 0.3 is 5.97 Å². The quantitative estimate of drug-likeness (QED) is 0.926. The molecule has 5 heteroatoms. The molecular weight excluding hydrogens is 310 g/mol. The van der Waals surface area contributed by atoms with Crippen LogP contribution in [0.2, 0.25) is 0 Å². The van der Waals surface area contributed by atoms with Crippen LogP contribution in [0.3, 0.4) is 0 Å². The molecule has 1 N–H and O–H groups in total. The van der Waals surface area contributed by atoms with E-state index in [4.69, 9.17) is 4.74 Å². The molecule has 0 radical (unpaired) electrons. The maximum absolute atomic E-state index is 11.5. The highest BCUT2D eigenvalue weighted by Gasteiger charge is 2.29. The number of carbonyl (C=O) groups is 1. The minimum absolute atomic E-state index is 0.114. The van der Waals surface area contributed by atoms with Gasteiger partial charge < -0.3 is 14.7 Å².